The molecule has 0 aliphatic carbocycles. The Morgan fingerprint density at radius 3 is 0.571 bits per heavy atom. The summed E-state index contributed by atoms with van der Waals surface area (Å²) in [6.45, 7) is 15.8. The van der Waals surface area contributed by atoms with Gasteiger partial charge >= 0.3 is 0 Å². The summed E-state index contributed by atoms with van der Waals surface area (Å²) >= 11 is 0. The summed E-state index contributed by atoms with van der Waals surface area (Å²) in [7, 11) is 5.02. The van der Waals surface area contributed by atoms with Gasteiger partial charge in [0.2, 0.25) is 0 Å². The van der Waals surface area contributed by atoms with Crippen molar-refractivity contribution in [2.24, 2.45) is 0 Å². The average Bonchev–Trinajstić information content (AvgIpc) is 3.36. The third-order valence-corrected chi connectivity index (χ3v) is 31.7. The van der Waals surface area contributed by atoms with Crippen LogP contribution in [0.25, 0.3) is 0 Å². The molecule has 0 N–H and O–H groups in total. The van der Waals surface area contributed by atoms with Gasteiger partial charge in [0.15, 0.2) is 16.6 Å². The quantitative estimate of drug-likeness (QED) is 0.0341. The molecule has 0 aliphatic rings. The molecule has 0 amide bonds. The monoisotopic (exact) mass is 1090 g/mol. The van der Waals surface area contributed by atoms with Gasteiger partial charge in [-0.1, -0.05) is 332 Å². The predicted octanol–water partition coefficient (Wildman–Crippen LogP) is 25.7. The van der Waals surface area contributed by atoms with E-state index < -0.39 is 16.6 Å². The second-order valence-electron chi connectivity index (χ2n) is 22.4. The lowest BCUT2D eigenvalue weighted by Crippen LogP contribution is -2.38. The van der Waals surface area contributed by atoms with Crippen LogP contribution in [0, 0.1) is 0 Å². The van der Waals surface area contributed by atoms with Crippen LogP contribution in [0.5, 0.6) is 0 Å². The maximum absolute atomic E-state index is 6.96. The molecule has 0 aromatic rings. The van der Waals surface area contributed by atoms with Gasteiger partial charge < -0.3 is 8.85 Å². The van der Waals surface area contributed by atoms with Crippen LogP contribution in [-0.2, 0) is 8.85 Å². The normalized spacial score (nSPS) is 13.6. The minimum atomic E-state index is -1.69. The molecule has 2 unspecified atom stereocenters. The van der Waals surface area contributed by atoms with Gasteiger partial charge in [-0.15, -0.1) is 0 Å². The molecule has 2 nitrogen and oxygen atoms in total. The Kier molecular flexibility index (Phi) is 61.5. The van der Waals surface area contributed by atoms with E-state index in [1.807, 2.05) is 0 Å². The van der Waals surface area contributed by atoms with Crippen LogP contribution in [0.3, 0.4) is 0 Å². The summed E-state index contributed by atoms with van der Waals surface area (Å²) in [5.74, 6) is 2.57. The topological polar surface area (TPSA) is 18.5 Å². The SMILES string of the molecule is CCCCCCCCCCCCCC[Si](CCCCCCCCCCCC)(CCCSSSSCCC[Si](CCCCCCCCCCCC)(CCCCCCCCCCCCCC)OCC)OCC. The van der Waals surface area contributed by atoms with Crippen LogP contribution >= 0.6 is 41.2 Å². The Bertz CT molecular complexity index is 893. The van der Waals surface area contributed by atoms with E-state index in [0.29, 0.717) is 0 Å². The molecular formula is C62H130O2S4Si2. The highest BCUT2D eigenvalue weighted by Gasteiger charge is 2.34. The smallest absolute Gasteiger partial charge is 0.192 e. The highest BCUT2D eigenvalue weighted by molar-refractivity contribution is 9.26. The molecular weight excluding hydrogens is 961 g/mol. The maximum atomic E-state index is 6.96. The summed E-state index contributed by atoms with van der Waals surface area (Å²) in [6, 6.07) is 8.46. The lowest BCUT2D eigenvalue weighted by molar-refractivity contribution is 0.313. The number of hydrogen-bond acceptors (Lipinski definition) is 6. The second kappa shape index (κ2) is 60.0. The molecule has 0 aromatic heterocycles. The fourth-order valence-electron chi connectivity index (χ4n) is 11.3. The molecule has 0 aliphatic heterocycles. The van der Waals surface area contributed by atoms with E-state index in [2.05, 4.69) is 82.8 Å². The van der Waals surface area contributed by atoms with Crippen molar-refractivity contribution in [3.8, 4) is 0 Å². The molecule has 8 heteroatoms. The van der Waals surface area contributed by atoms with E-state index >= 15 is 0 Å². The van der Waals surface area contributed by atoms with E-state index in [4.69, 9.17) is 8.85 Å². The molecule has 422 valence electrons. The molecule has 2 atom stereocenters. The van der Waals surface area contributed by atoms with Gasteiger partial charge in [0, 0.05) is 24.7 Å². The molecule has 0 bridgehead atoms. The van der Waals surface area contributed by atoms with Crippen molar-refractivity contribution in [1.82, 2.24) is 0 Å². The Hall–Kier alpha value is 1.75. The largest absolute Gasteiger partial charge is 0.417 e. The second-order valence-corrected chi connectivity index (χ2v) is 36.9. The fraction of sp³-hybridized carbons (Fsp3) is 1.00. The lowest BCUT2D eigenvalue weighted by atomic mass is 10.1. The van der Waals surface area contributed by atoms with Crippen molar-refractivity contribution < 1.29 is 8.85 Å². The number of unbranched alkanes of at least 4 members (excludes halogenated alkanes) is 40. The highest BCUT2D eigenvalue weighted by Crippen LogP contribution is 2.44. The van der Waals surface area contributed by atoms with Crippen molar-refractivity contribution in [3.05, 3.63) is 0 Å². The summed E-state index contributed by atoms with van der Waals surface area (Å²) in [4.78, 5) is 0. The van der Waals surface area contributed by atoms with Crippen molar-refractivity contribution in [2.75, 3.05) is 24.7 Å². The molecule has 0 saturated heterocycles. The van der Waals surface area contributed by atoms with Crippen LogP contribution in [0.4, 0.5) is 0 Å². The Morgan fingerprint density at radius 1 is 0.214 bits per heavy atom. The molecule has 0 rings (SSSR count). The van der Waals surface area contributed by atoms with E-state index in [1.165, 1.54) is 343 Å². The molecule has 0 fully saturated rings. The summed E-state index contributed by atoms with van der Waals surface area (Å²) < 4.78 is 13.9. The first kappa shape index (κ1) is 71.8. The molecule has 0 aromatic carbocycles. The molecule has 70 heavy (non-hydrogen) atoms. The first-order valence-corrected chi connectivity index (χ1v) is 42.6. The average molecular weight is 1090 g/mol. The van der Waals surface area contributed by atoms with Crippen LogP contribution < -0.4 is 0 Å². The Balaban J connectivity index is 4.89. The van der Waals surface area contributed by atoms with E-state index in [0.717, 1.165) is 13.2 Å². The molecule has 0 heterocycles. The van der Waals surface area contributed by atoms with Gasteiger partial charge in [-0.05, 0) is 82.6 Å². The van der Waals surface area contributed by atoms with Crippen LogP contribution in [0.1, 0.15) is 337 Å². The summed E-state index contributed by atoms with van der Waals surface area (Å²) in [5, 5.41) is 0. The minimum absolute atomic E-state index is 0.933. The van der Waals surface area contributed by atoms with Crippen molar-refractivity contribution in [1.29, 1.82) is 0 Å². The van der Waals surface area contributed by atoms with Crippen LogP contribution in [0.15, 0.2) is 0 Å². The Labute approximate surface area is 461 Å². The standard InChI is InChI=1S/C62H130O2S4Si2/c1-7-13-17-21-25-29-33-35-39-43-47-51-59-69(63-11-5,57-49-45-41-37-31-27-23-19-15-9-3)61-53-55-65-67-68-66-56-54-62-70(64-12-6,58-50-46-42-38-32-28-24-20-16-10-4)60-52-48-44-40-36-34-30-26-22-18-14-8-2/h7-62H2,1-6H3. The summed E-state index contributed by atoms with van der Waals surface area (Å²) in [5.41, 5.74) is 0. The first-order chi connectivity index (χ1) is 34.6. The number of hydrogen-bond donors (Lipinski definition) is 0. The fourth-order valence-corrected chi connectivity index (χ4v) is 26.7. The molecule has 0 spiro atoms. The predicted molar refractivity (Wildman–Crippen MR) is 339 cm³/mol. The van der Waals surface area contributed by atoms with Crippen LogP contribution in [0.2, 0.25) is 36.3 Å². The first-order valence-electron chi connectivity index (χ1n) is 32.4. The van der Waals surface area contributed by atoms with E-state index in [9.17, 15) is 0 Å². The van der Waals surface area contributed by atoms with Gasteiger partial charge in [0.25, 0.3) is 0 Å². The van der Waals surface area contributed by atoms with Gasteiger partial charge in [-0.25, -0.2) is 0 Å². The van der Waals surface area contributed by atoms with E-state index in [-0.39, 0.29) is 0 Å². The highest BCUT2D eigenvalue weighted by atomic mass is 33.7. The third-order valence-electron chi connectivity index (χ3n) is 15.7. The zero-order chi connectivity index (χ0) is 50.8. The third kappa shape index (κ3) is 50.6. The zero-order valence-electron chi connectivity index (χ0n) is 49.0. The molecule has 0 radical (unpaired) electrons. The van der Waals surface area contributed by atoms with Gasteiger partial charge in [-0.3, -0.25) is 0 Å². The number of rotatable bonds is 63. The van der Waals surface area contributed by atoms with Gasteiger partial charge in [-0.2, -0.15) is 0 Å². The maximum Gasteiger partial charge on any atom is 0.192 e. The van der Waals surface area contributed by atoms with Crippen molar-refractivity contribution in [2.45, 2.75) is 373 Å². The minimum Gasteiger partial charge on any atom is -0.417 e. The lowest BCUT2D eigenvalue weighted by Gasteiger charge is -2.32. The van der Waals surface area contributed by atoms with E-state index in [1.54, 1.807) is 0 Å². The summed E-state index contributed by atoms with van der Waals surface area (Å²) in [6.07, 6.45) is 66.0. The Morgan fingerprint density at radius 2 is 0.386 bits per heavy atom. The van der Waals surface area contributed by atoms with Gasteiger partial charge in [0.1, 0.15) is 0 Å². The zero-order valence-corrected chi connectivity index (χ0v) is 54.3. The van der Waals surface area contributed by atoms with Crippen molar-refractivity contribution in [3.63, 3.8) is 0 Å². The molecule has 0 saturated carbocycles. The van der Waals surface area contributed by atoms with Gasteiger partial charge in [0.05, 0.1) is 0 Å². The van der Waals surface area contributed by atoms with Crippen LogP contribution in [-0.4, -0.2) is 41.4 Å². The van der Waals surface area contributed by atoms with Crippen molar-refractivity contribution >= 4 is 57.9 Å².